The summed E-state index contributed by atoms with van der Waals surface area (Å²) in [4.78, 5) is 4.68. The molecule has 0 N–H and O–H groups in total. The molecule has 2 aliphatic carbocycles. The van der Waals surface area contributed by atoms with Gasteiger partial charge < -0.3 is 0 Å². The van der Waals surface area contributed by atoms with Gasteiger partial charge in [0.25, 0.3) is 0 Å². The Morgan fingerprint density at radius 3 is 0.817 bits per heavy atom. The van der Waals surface area contributed by atoms with Gasteiger partial charge in [-0.2, -0.15) is 13.8 Å². The van der Waals surface area contributed by atoms with Crippen LogP contribution in [0.3, 0.4) is 0 Å². The Morgan fingerprint density at radius 2 is 0.768 bits per heavy atom. The van der Waals surface area contributed by atoms with Crippen molar-refractivity contribution in [2.24, 2.45) is 11.3 Å². The third-order valence-electron chi connectivity index (χ3n) is 12.5. The van der Waals surface area contributed by atoms with Crippen molar-refractivity contribution in [1.29, 1.82) is 0 Å². The molecule has 2 rings (SSSR count). The molecule has 0 amide bonds. The number of rotatable bonds is 10. The molecule has 2 saturated carbocycles. The smallest absolute Gasteiger partial charge is 0.0191 e. The van der Waals surface area contributed by atoms with E-state index in [1.54, 1.807) is 11.8 Å². The molecular weight excluding hydrogens is 1980 g/mol. The van der Waals surface area contributed by atoms with Gasteiger partial charge in [-0.15, -0.1) is 54.4 Å². The van der Waals surface area contributed by atoms with E-state index in [1.807, 2.05) is 6.92 Å². The quantitative estimate of drug-likeness (QED) is 0.116. The van der Waals surface area contributed by atoms with E-state index < -0.39 is 41.0 Å². The van der Waals surface area contributed by atoms with Gasteiger partial charge in [0.1, 0.15) is 5.16 Å². The molecule has 0 saturated heterocycles. The average molecular weight is 2110 g/mol. The van der Waals surface area contributed by atoms with Crippen LogP contribution in [0.1, 0.15) is 210 Å². The number of hydrogen-bond acceptors (Lipinski definition) is 0. The van der Waals surface area contributed by atoms with Gasteiger partial charge in [0.2, 0.25) is 0 Å². The van der Waals surface area contributed by atoms with Crippen LogP contribution < -0.4 is 0 Å². The zero-order valence-corrected chi connectivity index (χ0v) is 97.3. The molecule has 2 aliphatic rings. The molecule has 457 valence electrons. The number of allylic oxidation sites excluding steroid dienone is 8. The van der Waals surface area contributed by atoms with E-state index >= 15 is 0 Å². The maximum Gasteiger partial charge on any atom is 0.117 e. The fraction of sp³-hybridized carbons (Fsp3) is 0.642. The maximum atomic E-state index is 4.04. The Labute approximate surface area is 790 Å². The normalized spacial score (nSPS) is 11.1. The zero-order valence-electron chi connectivity index (χ0n) is 61.2. The van der Waals surface area contributed by atoms with E-state index in [2.05, 4.69) is 265 Å². The molecule has 2 fully saturated rings. The van der Waals surface area contributed by atoms with E-state index in [0.29, 0.717) is 11.1 Å². The summed E-state index contributed by atoms with van der Waals surface area (Å²) in [7, 11) is -0.138. The molecule has 0 aromatic carbocycles. The van der Waals surface area contributed by atoms with E-state index in [1.165, 1.54) is 122 Å². The Bertz CT molecular complexity index is 1480. The Kier molecular flexibility index (Phi) is 142. The minimum atomic E-state index is -0.894. The Balaban J connectivity index is -0.0000000343. The van der Waals surface area contributed by atoms with E-state index in [-0.39, 0.29) is 349 Å². The van der Waals surface area contributed by atoms with Crippen LogP contribution in [0.2, 0.25) is 34.5 Å². The third kappa shape index (κ3) is 115. The maximum absolute atomic E-state index is 4.04. The summed E-state index contributed by atoms with van der Waals surface area (Å²) in [5.41, 5.74) is 8.06. The fourth-order valence-corrected chi connectivity index (χ4v) is 3.96. The van der Waals surface area contributed by atoms with Crippen LogP contribution in [0.4, 0.5) is 0 Å². The molecule has 0 heterocycles. The molecule has 82 heavy (non-hydrogen) atoms. The summed E-state index contributed by atoms with van der Waals surface area (Å²) in [6.07, 6.45) is 20.3. The fourth-order valence-electron chi connectivity index (χ4n) is 3.96. The van der Waals surface area contributed by atoms with Crippen LogP contribution in [0.5, 0.6) is 0 Å². The van der Waals surface area contributed by atoms with Gasteiger partial charge in [-0.3, -0.25) is 5.66 Å². The number of hydrogen-bond donors (Lipinski definition) is 0. The van der Waals surface area contributed by atoms with Crippen molar-refractivity contribution >= 4 is 69.9 Å². The summed E-state index contributed by atoms with van der Waals surface area (Å²) in [6, 6.07) is 0. The van der Waals surface area contributed by atoms with Crippen molar-refractivity contribution in [3.63, 3.8) is 0 Å². The van der Waals surface area contributed by atoms with Gasteiger partial charge in [-0.1, -0.05) is 151 Å². The van der Waals surface area contributed by atoms with Gasteiger partial charge in [-0.05, 0) is 33.1 Å². The van der Waals surface area contributed by atoms with E-state index in [9.17, 15) is 0 Å². The molecular formula is C67H132GeP2SiSnY10-5. The van der Waals surface area contributed by atoms with E-state index in [4.69, 9.17) is 0 Å². The first-order valence-electron chi connectivity index (χ1n) is 26.9. The van der Waals surface area contributed by atoms with Crippen molar-refractivity contribution < 1.29 is 327 Å². The standard InChI is InChI=1S/C9H15.C9H17.C8H13.C8H15.2C6H14P.C6H11.C5H11Ge.C5H11Si.C3H5.2CH3.Sn.10Y/c1-8(2)9-6-4-3-5-7-9;1-7(2)8(3)9(4,5)6;1-7(2)8-5-3-4-6-8;1-6(2)8(5)7(3)4;1-6(2)7(3,4)5;1-6(2,3)7(4)5;3*1-5(2)6(3)4;1-3-2;;;;;;;;;;;;;/h1,3-7H2,2H3;3H2,1-2,4-6H3;1,3-6H2,2H3;6H,5H2,1-4H3;3H2,1-2,4-5H3;4H2,1-3,5H3;3*1H2,2-4H3;1H2,2H3;2*1H3;;;;;;;;;;;/q5*-1;+1;-1;;;;;;;;;;;;;;;;. The Hall–Kier alpha value is 10.3. The van der Waals surface area contributed by atoms with Crippen LogP contribution in [-0.4, -0.2) is 80.7 Å². The van der Waals surface area contributed by atoms with Crippen molar-refractivity contribution in [2.45, 2.75) is 250 Å². The first-order valence-corrected chi connectivity index (χ1v) is 46.6. The van der Waals surface area contributed by atoms with Crippen LogP contribution in [0.25, 0.3) is 0 Å². The largest absolute Gasteiger partial charge is 0.117 e. The molecule has 1 unspecified atom stereocenters. The third-order valence-corrected chi connectivity index (χ3v) is 27.4. The molecule has 0 aliphatic heterocycles. The summed E-state index contributed by atoms with van der Waals surface area (Å²) in [5, 5.41) is 1.81. The topological polar surface area (TPSA) is 0 Å². The summed E-state index contributed by atoms with van der Waals surface area (Å²) in [6.45, 7) is 88.2. The summed E-state index contributed by atoms with van der Waals surface area (Å²) in [5.74, 6) is 12.4. The second-order valence-corrected chi connectivity index (χ2v) is 48.6. The summed E-state index contributed by atoms with van der Waals surface area (Å²) >= 11 is -1.55. The second kappa shape index (κ2) is 83.8. The SMILES string of the molecule is C=C(C)[C-](C)C.C=C(C)[C-]1CCCC1.C=C(C)[C-]1CCCCC1.C=C(C)[Si](C)C.C=C([C-](C)C)C(C)(C)C.C=C([C-](C)C)C(C)C.C=P(C)(C)[C-](C)C.C=[C](C)[Ge]([CH3])[CH3].C=[C](C)[Sn]([CH3])[CH3].C=[P+](C)C(C)(C)C.[Y].[Y].[Y].[Y].[Y].[Y].[Y].[Y].[Y].[Y]. The first-order chi connectivity index (χ1) is 32.0. The van der Waals surface area contributed by atoms with Gasteiger partial charge in [0.05, 0.1) is 29.3 Å². The molecule has 0 nitrogen and oxygen atoms in total. The van der Waals surface area contributed by atoms with Crippen molar-refractivity contribution in [3.8, 4) is 0 Å². The van der Waals surface area contributed by atoms with Gasteiger partial charge in [0, 0.05) is 327 Å². The predicted molar refractivity (Wildman–Crippen MR) is 366 cm³/mol. The van der Waals surface area contributed by atoms with Gasteiger partial charge in [-0.25, -0.2) is 97.2 Å². The van der Waals surface area contributed by atoms with Crippen LogP contribution in [0, 0.1) is 46.6 Å². The zero-order chi connectivity index (χ0) is 59.8. The minimum Gasteiger partial charge on any atom is -0.0191 e. The molecule has 13 radical (unpaired) electrons. The van der Waals surface area contributed by atoms with Crippen LogP contribution in [-0.2, 0) is 327 Å². The van der Waals surface area contributed by atoms with Crippen molar-refractivity contribution in [1.82, 2.24) is 0 Å². The summed E-state index contributed by atoms with van der Waals surface area (Å²) < 4.78 is 2.88. The van der Waals surface area contributed by atoms with Crippen molar-refractivity contribution in [3.05, 3.63) is 129 Å². The predicted octanol–water partition coefficient (Wildman–Crippen LogP) is 24.1. The first kappa shape index (κ1) is 139. The van der Waals surface area contributed by atoms with Gasteiger partial charge in [0.15, 0.2) is 0 Å². The molecule has 0 aromatic heterocycles. The molecule has 0 aromatic rings. The van der Waals surface area contributed by atoms with E-state index in [0.717, 1.165) is 0 Å². The molecule has 1 atom stereocenters. The Morgan fingerprint density at radius 1 is 0.561 bits per heavy atom. The molecule has 0 spiro atoms. The van der Waals surface area contributed by atoms with Gasteiger partial charge >= 0.3 is 90.5 Å². The van der Waals surface area contributed by atoms with Crippen LogP contribution in [0.15, 0.2) is 93.7 Å². The second-order valence-electron chi connectivity index (χ2n) is 24.6. The minimum absolute atomic E-state index is 0. The molecule has 15 heteroatoms. The van der Waals surface area contributed by atoms with Crippen LogP contribution >= 0.6 is 14.4 Å². The molecule has 0 bridgehead atoms. The monoisotopic (exact) mass is 2110 g/mol. The average Bonchev–Trinajstić information content (AvgIpc) is 3.77. The van der Waals surface area contributed by atoms with Crippen molar-refractivity contribution in [2.75, 3.05) is 20.0 Å².